The molecule has 534 valence electrons. The molecular formula is C71H138O17P2. The number of hydrogen-bond donors (Lipinski definition) is 3. The van der Waals surface area contributed by atoms with Crippen LogP contribution in [0, 0.1) is 5.92 Å². The number of hydrogen-bond acceptors (Lipinski definition) is 15. The molecule has 3 N–H and O–H groups in total. The van der Waals surface area contributed by atoms with Crippen LogP contribution in [0.25, 0.3) is 0 Å². The summed E-state index contributed by atoms with van der Waals surface area (Å²) in [6.45, 7) is 7.26. The Hall–Kier alpha value is -1.94. The van der Waals surface area contributed by atoms with Crippen LogP contribution in [0.1, 0.15) is 369 Å². The van der Waals surface area contributed by atoms with Crippen molar-refractivity contribution in [2.75, 3.05) is 39.6 Å². The lowest BCUT2D eigenvalue weighted by Crippen LogP contribution is -2.30. The number of carbonyl (C=O) groups excluding carboxylic acids is 4. The van der Waals surface area contributed by atoms with Gasteiger partial charge in [-0.1, -0.05) is 317 Å². The molecule has 0 saturated carbocycles. The first-order chi connectivity index (χ1) is 43.5. The van der Waals surface area contributed by atoms with Gasteiger partial charge in [-0.05, 0) is 31.6 Å². The molecule has 0 spiro atoms. The minimum atomic E-state index is -4.95. The van der Waals surface area contributed by atoms with E-state index in [0.717, 1.165) is 95.8 Å². The fourth-order valence-corrected chi connectivity index (χ4v) is 12.4. The monoisotopic (exact) mass is 1320 g/mol. The third kappa shape index (κ3) is 64.8. The summed E-state index contributed by atoms with van der Waals surface area (Å²) in [6.07, 6.45) is 51.1. The zero-order valence-electron chi connectivity index (χ0n) is 58.3. The van der Waals surface area contributed by atoms with Gasteiger partial charge in [0.25, 0.3) is 0 Å². The second kappa shape index (κ2) is 64.4. The quantitative estimate of drug-likeness (QED) is 0.0222. The Morgan fingerprint density at radius 2 is 0.511 bits per heavy atom. The van der Waals surface area contributed by atoms with Gasteiger partial charge >= 0.3 is 39.5 Å². The normalized spacial score (nSPS) is 14.1. The first kappa shape index (κ1) is 88.1. The van der Waals surface area contributed by atoms with Crippen molar-refractivity contribution in [3.05, 3.63) is 0 Å². The SMILES string of the molecule is CCCCCCCCCCCCCCCC(=O)OC[C@H](COP(=O)(O)OC[C@@H](O)COP(=O)(O)OC[C@@H](COC(=O)CCCCCCCCCCCCC)OC(=O)CCCCCCCCCCCCCC)OC(=O)CCCCCCCCCCCCCC(C)C. The van der Waals surface area contributed by atoms with Gasteiger partial charge in [0.15, 0.2) is 12.2 Å². The number of esters is 4. The third-order valence-corrected chi connectivity index (χ3v) is 18.4. The Balaban J connectivity index is 5.25. The summed E-state index contributed by atoms with van der Waals surface area (Å²) in [5.74, 6) is -1.35. The van der Waals surface area contributed by atoms with Crippen LogP contribution in [0.5, 0.6) is 0 Å². The molecule has 2 unspecified atom stereocenters. The smallest absolute Gasteiger partial charge is 0.462 e. The van der Waals surface area contributed by atoms with Crippen molar-refractivity contribution < 1.29 is 80.2 Å². The van der Waals surface area contributed by atoms with E-state index in [-0.39, 0.29) is 25.7 Å². The first-order valence-electron chi connectivity index (χ1n) is 37.1. The van der Waals surface area contributed by atoms with Gasteiger partial charge in [0.05, 0.1) is 26.4 Å². The van der Waals surface area contributed by atoms with Crippen LogP contribution < -0.4 is 0 Å². The van der Waals surface area contributed by atoms with Gasteiger partial charge in [-0.3, -0.25) is 37.3 Å². The third-order valence-electron chi connectivity index (χ3n) is 16.5. The molecule has 0 aliphatic rings. The summed E-state index contributed by atoms with van der Waals surface area (Å²) in [6, 6.07) is 0. The summed E-state index contributed by atoms with van der Waals surface area (Å²) in [7, 11) is -9.90. The van der Waals surface area contributed by atoms with Crippen LogP contribution in [0.2, 0.25) is 0 Å². The standard InChI is InChI=1S/C71H138O17P2/c1-6-9-12-15-18-21-24-26-31-35-40-45-50-55-69(74)82-61-67(88-71(76)57-52-47-42-37-32-27-29-33-38-43-48-53-64(4)5)63-86-90(79,80)84-59-65(72)58-83-89(77,78)85-62-66(60-81-68(73)54-49-44-39-34-28-23-20-17-14-11-8-3)87-70(75)56-51-46-41-36-30-25-22-19-16-13-10-7-2/h64-67,72H,6-63H2,1-5H3,(H,77,78)(H,79,80)/t65-,66+,67+/m0/s1. The van der Waals surface area contributed by atoms with E-state index in [2.05, 4.69) is 34.6 Å². The van der Waals surface area contributed by atoms with Crippen LogP contribution in [-0.2, 0) is 65.4 Å². The fraction of sp³-hybridized carbons (Fsp3) is 0.944. The Kier molecular flexibility index (Phi) is 63.0. The molecule has 17 nitrogen and oxygen atoms in total. The molecule has 0 bridgehead atoms. The Bertz CT molecular complexity index is 1740. The van der Waals surface area contributed by atoms with E-state index < -0.39 is 97.5 Å². The molecule has 0 aliphatic heterocycles. The summed E-state index contributed by atoms with van der Waals surface area (Å²) in [5, 5.41) is 10.6. The lowest BCUT2D eigenvalue weighted by molar-refractivity contribution is -0.161. The van der Waals surface area contributed by atoms with E-state index in [9.17, 15) is 43.2 Å². The second-order valence-corrected chi connectivity index (χ2v) is 29.0. The predicted molar refractivity (Wildman–Crippen MR) is 363 cm³/mol. The van der Waals surface area contributed by atoms with Crippen LogP contribution >= 0.6 is 15.6 Å². The second-order valence-electron chi connectivity index (χ2n) is 26.1. The van der Waals surface area contributed by atoms with Gasteiger partial charge < -0.3 is 33.8 Å². The van der Waals surface area contributed by atoms with Crippen molar-refractivity contribution in [2.45, 2.75) is 387 Å². The molecular weight excluding hydrogens is 1190 g/mol. The van der Waals surface area contributed by atoms with Crippen molar-refractivity contribution in [1.82, 2.24) is 0 Å². The van der Waals surface area contributed by atoms with Crippen molar-refractivity contribution in [3.63, 3.8) is 0 Å². The summed E-state index contributed by atoms with van der Waals surface area (Å²) in [5.41, 5.74) is 0. The van der Waals surface area contributed by atoms with Crippen molar-refractivity contribution in [2.24, 2.45) is 5.92 Å². The van der Waals surface area contributed by atoms with Gasteiger partial charge in [-0.25, -0.2) is 9.13 Å². The molecule has 0 aromatic carbocycles. The molecule has 0 aromatic heterocycles. The van der Waals surface area contributed by atoms with E-state index in [1.54, 1.807) is 0 Å². The number of carbonyl (C=O) groups is 4. The van der Waals surface area contributed by atoms with Crippen LogP contribution in [-0.4, -0.2) is 96.7 Å². The highest BCUT2D eigenvalue weighted by atomic mass is 31.2. The molecule has 19 heteroatoms. The fourth-order valence-electron chi connectivity index (χ4n) is 10.8. The zero-order chi connectivity index (χ0) is 66.3. The Morgan fingerprint density at radius 3 is 0.756 bits per heavy atom. The molecule has 5 atom stereocenters. The number of phosphoric acid groups is 2. The molecule has 0 aromatic rings. The molecule has 0 aliphatic carbocycles. The summed E-state index contributed by atoms with van der Waals surface area (Å²) < 4.78 is 68.3. The van der Waals surface area contributed by atoms with E-state index in [1.807, 2.05) is 0 Å². The maximum absolute atomic E-state index is 13.0. The number of aliphatic hydroxyl groups is 1. The van der Waals surface area contributed by atoms with Crippen LogP contribution in [0.4, 0.5) is 0 Å². The van der Waals surface area contributed by atoms with E-state index in [4.69, 9.17) is 37.0 Å². The van der Waals surface area contributed by atoms with Gasteiger partial charge in [0, 0.05) is 25.7 Å². The number of aliphatic hydroxyl groups excluding tert-OH is 1. The van der Waals surface area contributed by atoms with Gasteiger partial charge in [0.1, 0.15) is 19.3 Å². The topological polar surface area (TPSA) is 237 Å². The molecule has 90 heavy (non-hydrogen) atoms. The highest BCUT2D eigenvalue weighted by Gasteiger charge is 2.30. The van der Waals surface area contributed by atoms with Gasteiger partial charge in [-0.2, -0.15) is 0 Å². The van der Waals surface area contributed by atoms with Crippen LogP contribution in [0.3, 0.4) is 0 Å². The lowest BCUT2D eigenvalue weighted by atomic mass is 10.0. The molecule has 0 rings (SSSR count). The summed E-state index contributed by atoms with van der Waals surface area (Å²) >= 11 is 0. The number of rotatable bonds is 71. The van der Waals surface area contributed by atoms with E-state index in [1.165, 1.54) is 193 Å². The van der Waals surface area contributed by atoms with Gasteiger partial charge in [0.2, 0.25) is 0 Å². The van der Waals surface area contributed by atoms with Gasteiger partial charge in [-0.15, -0.1) is 0 Å². The average Bonchev–Trinajstić information content (AvgIpc) is 3.62. The number of ether oxygens (including phenoxy) is 4. The zero-order valence-corrected chi connectivity index (χ0v) is 60.1. The predicted octanol–water partition coefficient (Wildman–Crippen LogP) is 20.5. The van der Waals surface area contributed by atoms with E-state index in [0.29, 0.717) is 25.7 Å². The largest absolute Gasteiger partial charge is 0.472 e. The van der Waals surface area contributed by atoms with Crippen molar-refractivity contribution >= 4 is 39.5 Å². The minimum Gasteiger partial charge on any atom is -0.462 e. The maximum Gasteiger partial charge on any atom is 0.472 e. The Labute approximate surface area is 549 Å². The van der Waals surface area contributed by atoms with Crippen molar-refractivity contribution in [1.29, 1.82) is 0 Å². The van der Waals surface area contributed by atoms with E-state index >= 15 is 0 Å². The highest BCUT2D eigenvalue weighted by molar-refractivity contribution is 7.47. The van der Waals surface area contributed by atoms with Crippen molar-refractivity contribution in [3.8, 4) is 0 Å². The first-order valence-corrected chi connectivity index (χ1v) is 40.1. The highest BCUT2D eigenvalue weighted by Crippen LogP contribution is 2.45. The minimum absolute atomic E-state index is 0.107. The maximum atomic E-state index is 13.0. The summed E-state index contributed by atoms with van der Waals surface area (Å²) in [4.78, 5) is 72.6. The lowest BCUT2D eigenvalue weighted by Gasteiger charge is -2.21. The Morgan fingerprint density at radius 1 is 0.300 bits per heavy atom. The molecule has 0 radical (unpaired) electrons. The molecule has 0 saturated heterocycles. The molecule has 0 heterocycles. The molecule has 0 fully saturated rings. The average molecular weight is 1330 g/mol. The number of phosphoric ester groups is 2. The molecule has 0 amide bonds. The van der Waals surface area contributed by atoms with Crippen LogP contribution in [0.15, 0.2) is 0 Å². The number of unbranched alkanes of at least 4 members (excludes halogenated alkanes) is 43.